The molecule has 0 bridgehead atoms. The van der Waals surface area contributed by atoms with E-state index in [1.54, 1.807) is 0 Å². The van der Waals surface area contributed by atoms with Crippen molar-refractivity contribution < 1.29 is 28.6 Å². The SMILES string of the molecule is CC/C=C\C/C=C\C/C=C\C/C=C\C/C=C\C/C=C\C/C=C\CCCCCC(=O)OCC(COC(=O)CCCCCCC/C=C\C/C=C\CCCCC)OC(=O)CCCCC/C=C\C/C=C\C/C=C\C/C=C\C/C=C\CC. The number of allylic oxidation sites excluding steroid dienone is 28. The molecular weight excluding hydrogens is 949 g/mol. The molecule has 0 saturated heterocycles. The molecule has 0 aromatic heterocycles. The lowest BCUT2D eigenvalue weighted by Gasteiger charge is -2.18. The Kier molecular flexibility index (Phi) is 59.0. The molecule has 0 N–H and O–H groups in total. The summed E-state index contributed by atoms with van der Waals surface area (Å²) in [5.41, 5.74) is 0. The zero-order chi connectivity index (χ0) is 55.7. The topological polar surface area (TPSA) is 78.9 Å². The first-order valence-electron chi connectivity index (χ1n) is 30.6. The Bertz CT molecular complexity index is 1790. The number of hydrogen-bond donors (Lipinski definition) is 0. The molecule has 0 aliphatic rings. The van der Waals surface area contributed by atoms with E-state index in [2.05, 4.69) is 191 Å². The van der Waals surface area contributed by atoms with Crippen molar-refractivity contribution in [1.82, 2.24) is 0 Å². The summed E-state index contributed by atoms with van der Waals surface area (Å²) < 4.78 is 16.8. The first kappa shape index (κ1) is 71.8. The number of carbonyl (C=O) groups excluding carboxylic acids is 3. The zero-order valence-corrected chi connectivity index (χ0v) is 49.1. The Hall–Kier alpha value is -5.23. The van der Waals surface area contributed by atoms with Crippen LogP contribution in [0.5, 0.6) is 0 Å². The maximum absolute atomic E-state index is 12.9. The third kappa shape index (κ3) is 61.5. The summed E-state index contributed by atoms with van der Waals surface area (Å²) in [6.45, 7) is 6.30. The second-order valence-electron chi connectivity index (χ2n) is 19.5. The van der Waals surface area contributed by atoms with Gasteiger partial charge in [-0.05, 0) is 154 Å². The first-order valence-corrected chi connectivity index (χ1v) is 30.6. The van der Waals surface area contributed by atoms with Crippen LogP contribution < -0.4 is 0 Å². The van der Waals surface area contributed by atoms with Crippen molar-refractivity contribution in [2.24, 2.45) is 0 Å². The molecule has 0 saturated carbocycles. The Morgan fingerprint density at radius 3 is 0.805 bits per heavy atom. The molecule has 6 nitrogen and oxygen atoms in total. The summed E-state index contributed by atoms with van der Waals surface area (Å²) in [6.07, 6.45) is 93.4. The number of hydrogen-bond acceptors (Lipinski definition) is 6. The van der Waals surface area contributed by atoms with Gasteiger partial charge in [0.2, 0.25) is 0 Å². The summed E-state index contributed by atoms with van der Waals surface area (Å²) in [5, 5.41) is 0. The molecular formula is C71H110O6. The zero-order valence-electron chi connectivity index (χ0n) is 49.1. The van der Waals surface area contributed by atoms with E-state index in [1.165, 1.54) is 25.7 Å². The van der Waals surface area contributed by atoms with E-state index in [1.807, 2.05) is 0 Å². The minimum Gasteiger partial charge on any atom is -0.462 e. The van der Waals surface area contributed by atoms with Gasteiger partial charge in [0.05, 0.1) is 0 Å². The normalized spacial score (nSPS) is 13.3. The molecule has 0 aromatic carbocycles. The van der Waals surface area contributed by atoms with Gasteiger partial charge in [0.1, 0.15) is 13.2 Å². The smallest absolute Gasteiger partial charge is 0.306 e. The molecule has 0 spiro atoms. The van der Waals surface area contributed by atoms with Gasteiger partial charge in [-0.15, -0.1) is 0 Å². The van der Waals surface area contributed by atoms with E-state index in [0.29, 0.717) is 19.3 Å². The van der Waals surface area contributed by atoms with Gasteiger partial charge in [-0.25, -0.2) is 0 Å². The van der Waals surface area contributed by atoms with Crippen molar-refractivity contribution in [2.45, 2.75) is 245 Å². The Labute approximate surface area is 472 Å². The third-order valence-corrected chi connectivity index (χ3v) is 12.2. The average molecular weight is 1060 g/mol. The highest BCUT2D eigenvalue weighted by Crippen LogP contribution is 2.12. The molecule has 0 aromatic rings. The number of esters is 3. The van der Waals surface area contributed by atoms with Crippen LogP contribution in [0.25, 0.3) is 0 Å². The predicted octanol–water partition coefficient (Wildman–Crippen LogP) is 21.1. The molecule has 1 unspecified atom stereocenters. The average Bonchev–Trinajstić information content (AvgIpc) is 3.43. The van der Waals surface area contributed by atoms with Crippen molar-refractivity contribution in [2.75, 3.05) is 13.2 Å². The summed E-state index contributed by atoms with van der Waals surface area (Å²) in [4.78, 5) is 38.3. The van der Waals surface area contributed by atoms with Crippen molar-refractivity contribution in [3.8, 4) is 0 Å². The van der Waals surface area contributed by atoms with E-state index in [4.69, 9.17) is 14.2 Å². The molecule has 0 heterocycles. The van der Waals surface area contributed by atoms with Crippen LogP contribution in [0.3, 0.4) is 0 Å². The molecule has 77 heavy (non-hydrogen) atoms. The van der Waals surface area contributed by atoms with Crippen LogP contribution in [0.2, 0.25) is 0 Å². The molecule has 0 amide bonds. The van der Waals surface area contributed by atoms with Gasteiger partial charge in [0.15, 0.2) is 6.10 Å². The van der Waals surface area contributed by atoms with Crippen LogP contribution in [0.1, 0.15) is 239 Å². The van der Waals surface area contributed by atoms with E-state index in [0.717, 1.165) is 167 Å². The van der Waals surface area contributed by atoms with Gasteiger partial charge in [0.25, 0.3) is 0 Å². The van der Waals surface area contributed by atoms with E-state index in [-0.39, 0.29) is 37.5 Å². The molecule has 0 aliphatic heterocycles. The number of unbranched alkanes of at least 4 members (excludes halogenated alkanes) is 14. The highest BCUT2D eigenvalue weighted by molar-refractivity contribution is 5.71. The van der Waals surface area contributed by atoms with Crippen LogP contribution in [0.4, 0.5) is 0 Å². The molecule has 0 fully saturated rings. The molecule has 430 valence electrons. The summed E-state index contributed by atoms with van der Waals surface area (Å²) in [5.74, 6) is -1.00. The second kappa shape index (κ2) is 63.3. The van der Waals surface area contributed by atoms with Gasteiger partial charge >= 0.3 is 17.9 Å². The fraction of sp³-hybridized carbons (Fsp3) is 0.563. The third-order valence-electron chi connectivity index (χ3n) is 12.2. The molecule has 1 atom stereocenters. The van der Waals surface area contributed by atoms with Crippen LogP contribution in [0, 0.1) is 0 Å². The fourth-order valence-corrected chi connectivity index (χ4v) is 7.65. The second-order valence-corrected chi connectivity index (χ2v) is 19.5. The quantitative estimate of drug-likeness (QED) is 0.0261. The van der Waals surface area contributed by atoms with Crippen molar-refractivity contribution in [1.29, 1.82) is 0 Å². The predicted molar refractivity (Wildman–Crippen MR) is 334 cm³/mol. The Morgan fingerprint density at radius 2 is 0.506 bits per heavy atom. The summed E-state index contributed by atoms with van der Waals surface area (Å²) in [6, 6.07) is 0. The van der Waals surface area contributed by atoms with Crippen molar-refractivity contribution in [3.63, 3.8) is 0 Å². The maximum atomic E-state index is 12.9. The van der Waals surface area contributed by atoms with Gasteiger partial charge in [-0.2, -0.15) is 0 Å². The van der Waals surface area contributed by atoms with Gasteiger partial charge < -0.3 is 14.2 Å². The van der Waals surface area contributed by atoms with Crippen molar-refractivity contribution >= 4 is 17.9 Å². The van der Waals surface area contributed by atoms with Gasteiger partial charge in [0, 0.05) is 19.3 Å². The monoisotopic (exact) mass is 1060 g/mol. The van der Waals surface area contributed by atoms with E-state index in [9.17, 15) is 14.4 Å². The van der Waals surface area contributed by atoms with E-state index >= 15 is 0 Å². The number of ether oxygens (including phenoxy) is 3. The van der Waals surface area contributed by atoms with E-state index < -0.39 is 6.10 Å². The van der Waals surface area contributed by atoms with Crippen molar-refractivity contribution in [3.05, 3.63) is 170 Å². The fourth-order valence-electron chi connectivity index (χ4n) is 7.65. The molecule has 0 aliphatic carbocycles. The van der Waals surface area contributed by atoms with Gasteiger partial charge in [-0.3, -0.25) is 14.4 Å². The van der Waals surface area contributed by atoms with Crippen LogP contribution in [0.15, 0.2) is 170 Å². The van der Waals surface area contributed by atoms with Crippen LogP contribution in [-0.2, 0) is 28.6 Å². The Morgan fingerprint density at radius 1 is 0.273 bits per heavy atom. The first-order chi connectivity index (χ1) is 38.0. The lowest BCUT2D eigenvalue weighted by molar-refractivity contribution is -0.167. The molecule has 0 radical (unpaired) electrons. The Balaban J connectivity index is 4.55. The minimum absolute atomic E-state index is 0.118. The summed E-state index contributed by atoms with van der Waals surface area (Å²) in [7, 11) is 0. The van der Waals surface area contributed by atoms with Crippen LogP contribution in [-0.4, -0.2) is 37.2 Å². The van der Waals surface area contributed by atoms with Gasteiger partial charge in [-0.1, -0.05) is 236 Å². The number of rotatable bonds is 53. The summed E-state index contributed by atoms with van der Waals surface area (Å²) >= 11 is 0. The molecule has 6 heteroatoms. The highest BCUT2D eigenvalue weighted by Gasteiger charge is 2.19. The standard InChI is InChI=1S/C71H110O6/c1-4-7-10-13-16-19-22-25-28-30-32-33-34-35-36-37-39-40-43-46-49-52-55-58-61-64-70(73)76-67-68(66-75-69(72)63-60-57-54-51-48-45-42-27-24-21-18-15-12-9-6-3)77-71(74)65-62-59-56-53-50-47-44-41-38-31-29-26-23-20-17-14-11-8-5-2/h7-8,10-11,16-21,25-29,32-33,35-36,38-42,46-47,49-50,68H,4-6,9,12-15,22-24,30-31,34,37,43-45,48,51-67H2,1-3H3/b10-7-,11-8-,19-16-,20-17-,21-18-,28-25-,29-26-,33-32-,36-35-,40-39-,41-38-,42-27-,49-46-,50-47-. The maximum Gasteiger partial charge on any atom is 0.306 e. The largest absolute Gasteiger partial charge is 0.462 e. The number of carbonyl (C=O) groups is 3. The lowest BCUT2D eigenvalue weighted by Crippen LogP contribution is -2.30. The molecule has 0 rings (SSSR count). The minimum atomic E-state index is -0.826. The van der Waals surface area contributed by atoms with Crippen LogP contribution >= 0.6 is 0 Å². The highest BCUT2D eigenvalue weighted by atomic mass is 16.6. The lowest BCUT2D eigenvalue weighted by atomic mass is 10.1.